The molecule has 0 atom stereocenters. The van der Waals surface area contributed by atoms with Gasteiger partial charge in [-0.3, -0.25) is 9.47 Å². The summed E-state index contributed by atoms with van der Waals surface area (Å²) in [5.74, 6) is 0.154. The molecule has 2 aromatic carbocycles. The molecule has 0 aliphatic heterocycles. The number of anilines is 2. The number of amides is 1. The van der Waals surface area contributed by atoms with Crippen molar-refractivity contribution in [2.24, 2.45) is 0 Å². The Hall–Kier alpha value is -3.35. The maximum atomic E-state index is 12.7. The van der Waals surface area contributed by atoms with E-state index in [4.69, 9.17) is 10.5 Å². The van der Waals surface area contributed by atoms with E-state index in [9.17, 15) is 9.59 Å². The maximum Gasteiger partial charge on any atom is 0.414 e. The molecular formula is C22H26N4O3. The zero-order chi connectivity index (χ0) is 21.3. The predicted octanol–water partition coefficient (Wildman–Crippen LogP) is 4.04. The van der Waals surface area contributed by atoms with E-state index in [0.717, 1.165) is 5.56 Å². The lowest BCUT2D eigenvalue weighted by Crippen LogP contribution is -2.36. The van der Waals surface area contributed by atoms with Crippen LogP contribution in [0.15, 0.2) is 47.3 Å². The van der Waals surface area contributed by atoms with Crippen LogP contribution in [0.1, 0.15) is 33.3 Å². The van der Waals surface area contributed by atoms with Gasteiger partial charge in [-0.15, -0.1) is 0 Å². The highest BCUT2D eigenvalue weighted by Gasteiger charge is 2.23. The fraction of sp³-hybridized carbons (Fsp3) is 0.318. The van der Waals surface area contributed by atoms with Gasteiger partial charge >= 0.3 is 11.8 Å². The SMILES string of the molecule is CCN(C(=O)OC(C)(C)C)c1ccc2c(N)nc(=O)n(-c3ccccc3C)c2c1. The fourth-order valence-corrected chi connectivity index (χ4v) is 3.19. The van der Waals surface area contributed by atoms with Gasteiger partial charge in [0.15, 0.2) is 0 Å². The van der Waals surface area contributed by atoms with Crippen LogP contribution >= 0.6 is 0 Å². The van der Waals surface area contributed by atoms with Crippen molar-refractivity contribution in [3.63, 3.8) is 0 Å². The molecule has 0 saturated carbocycles. The van der Waals surface area contributed by atoms with Gasteiger partial charge in [-0.05, 0) is 64.4 Å². The molecule has 1 heterocycles. The number of benzene rings is 2. The molecule has 1 amide bonds. The minimum Gasteiger partial charge on any atom is -0.443 e. The molecule has 29 heavy (non-hydrogen) atoms. The third-order valence-electron chi connectivity index (χ3n) is 4.50. The molecule has 7 heteroatoms. The number of aryl methyl sites for hydroxylation is 1. The van der Waals surface area contributed by atoms with E-state index >= 15 is 0 Å². The Kier molecular flexibility index (Phi) is 5.33. The monoisotopic (exact) mass is 394 g/mol. The van der Waals surface area contributed by atoms with Crippen LogP contribution in [0, 0.1) is 6.92 Å². The van der Waals surface area contributed by atoms with Crippen molar-refractivity contribution in [1.82, 2.24) is 9.55 Å². The quantitative estimate of drug-likeness (QED) is 0.724. The lowest BCUT2D eigenvalue weighted by Gasteiger charge is -2.27. The summed E-state index contributed by atoms with van der Waals surface area (Å²) in [5, 5.41) is 0.636. The molecule has 0 radical (unpaired) electrons. The van der Waals surface area contributed by atoms with Crippen LogP contribution < -0.4 is 16.3 Å². The number of aromatic nitrogens is 2. The van der Waals surface area contributed by atoms with Crippen molar-refractivity contribution in [3.05, 3.63) is 58.5 Å². The first-order chi connectivity index (χ1) is 13.6. The van der Waals surface area contributed by atoms with Crippen LogP contribution in [0.2, 0.25) is 0 Å². The van der Waals surface area contributed by atoms with Gasteiger partial charge in [-0.25, -0.2) is 9.59 Å². The summed E-state index contributed by atoms with van der Waals surface area (Å²) in [6, 6.07) is 12.9. The molecule has 0 bridgehead atoms. The second kappa shape index (κ2) is 7.58. The lowest BCUT2D eigenvalue weighted by atomic mass is 10.1. The summed E-state index contributed by atoms with van der Waals surface area (Å²) in [6.07, 6.45) is -0.453. The Morgan fingerprint density at radius 1 is 1.21 bits per heavy atom. The summed E-state index contributed by atoms with van der Waals surface area (Å²) in [5.41, 5.74) is 7.76. The van der Waals surface area contributed by atoms with E-state index in [2.05, 4.69) is 4.98 Å². The van der Waals surface area contributed by atoms with E-state index in [1.165, 1.54) is 9.47 Å². The average Bonchev–Trinajstić information content (AvgIpc) is 2.62. The first kappa shape index (κ1) is 20.4. The minimum absolute atomic E-state index is 0.154. The highest BCUT2D eigenvalue weighted by atomic mass is 16.6. The standard InChI is InChI=1S/C22H26N4O3/c1-6-25(21(28)29-22(3,4)5)15-11-12-16-18(13-15)26(20(27)24-19(16)23)17-10-8-7-9-14(17)2/h7-13H,6H2,1-5H3,(H2,23,24,27). The van der Waals surface area contributed by atoms with Gasteiger partial charge in [-0.2, -0.15) is 4.98 Å². The van der Waals surface area contributed by atoms with Gasteiger partial charge in [0.05, 0.1) is 11.2 Å². The number of hydrogen-bond donors (Lipinski definition) is 1. The lowest BCUT2D eigenvalue weighted by molar-refractivity contribution is 0.0582. The van der Waals surface area contributed by atoms with Gasteiger partial charge < -0.3 is 10.5 Å². The molecule has 152 valence electrons. The number of nitrogen functional groups attached to an aromatic ring is 1. The number of para-hydroxylation sites is 1. The zero-order valence-corrected chi connectivity index (χ0v) is 17.4. The maximum absolute atomic E-state index is 12.7. The predicted molar refractivity (Wildman–Crippen MR) is 116 cm³/mol. The minimum atomic E-state index is -0.612. The second-order valence-electron chi connectivity index (χ2n) is 7.83. The number of carbonyl (C=O) groups is 1. The number of ether oxygens (including phenoxy) is 1. The number of rotatable bonds is 3. The fourth-order valence-electron chi connectivity index (χ4n) is 3.19. The largest absolute Gasteiger partial charge is 0.443 e. The molecule has 0 fully saturated rings. The number of hydrogen-bond acceptors (Lipinski definition) is 5. The Bertz CT molecular complexity index is 1130. The van der Waals surface area contributed by atoms with Crippen LogP contribution in [0.25, 0.3) is 16.6 Å². The van der Waals surface area contributed by atoms with Gasteiger partial charge in [0, 0.05) is 17.6 Å². The van der Waals surface area contributed by atoms with E-state index in [1.807, 2.05) is 58.9 Å². The summed E-state index contributed by atoms with van der Waals surface area (Å²) >= 11 is 0. The van der Waals surface area contributed by atoms with Crippen molar-refractivity contribution in [2.75, 3.05) is 17.2 Å². The second-order valence-corrected chi connectivity index (χ2v) is 7.83. The Morgan fingerprint density at radius 2 is 1.90 bits per heavy atom. The molecule has 3 aromatic rings. The van der Waals surface area contributed by atoms with Crippen LogP contribution in [0.3, 0.4) is 0 Å². The van der Waals surface area contributed by atoms with E-state index in [1.54, 1.807) is 18.2 Å². The molecule has 0 aliphatic carbocycles. The summed E-state index contributed by atoms with van der Waals surface area (Å²) in [6.45, 7) is 9.66. The van der Waals surface area contributed by atoms with Crippen molar-refractivity contribution in [3.8, 4) is 5.69 Å². The van der Waals surface area contributed by atoms with Gasteiger partial charge in [0.1, 0.15) is 11.4 Å². The smallest absolute Gasteiger partial charge is 0.414 e. The van der Waals surface area contributed by atoms with Crippen molar-refractivity contribution in [1.29, 1.82) is 0 Å². The summed E-state index contributed by atoms with van der Waals surface area (Å²) in [4.78, 5) is 30.9. The topological polar surface area (TPSA) is 90.5 Å². The molecular weight excluding hydrogens is 368 g/mol. The van der Waals surface area contributed by atoms with E-state index < -0.39 is 17.4 Å². The van der Waals surface area contributed by atoms with Crippen LogP contribution in [0.4, 0.5) is 16.3 Å². The van der Waals surface area contributed by atoms with Crippen LogP contribution in [-0.2, 0) is 4.74 Å². The molecule has 2 N–H and O–H groups in total. The van der Waals surface area contributed by atoms with Gasteiger partial charge in [-0.1, -0.05) is 18.2 Å². The summed E-state index contributed by atoms with van der Waals surface area (Å²) < 4.78 is 7.04. The highest BCUT2D eigenvalue weighted by Crippen LogP contribution is 2.27. The Labute approximate surface area is 169 Å². The molecule has 0 spiro atoms. The summed E-state index contributed by atoms with van der Waals surface area (Å²) in [7, 11) is 0. The molecule has 0 aliphatic rings. The molecule has 7 nitrogen and oxygen atoms in total. The average molecular weight is 394 g/mol. The number of carbonyl (C=O) groups excluding carboxylic acids is 1. The van der Waals surface area contributed by atoms with Crippen molar-refractivity contribution in [2.45, 2.75) is 40.2 Å². The van der Waals surface area contributed by atoms with E-state index in [-0.39, 0.29) is 5.82 Å². The first-order valence-corrected chi connectivity index (χ1v) is 9.51. The molecule has 3 rings (SSSR count). The third kappa shape index (κ3) is 4.08. The molecule has 1 aromatic heterocycles. The van der Waals surface area contributed by atoms with Gasteiger partial charge in [0.2, 0.25) is 0 Å². The van der Waals surface area contributed by atoms with Crippen LogP contribution in [-0.4, -0.2) is 27.8 Å². The number of nitrogens with zero attached hydrogens (tertiary/aromatic N) is 3. The van der Waals surface area contributed by atoms with Gasteiger partial charge in [0.25, 0.3) is 0 Å². The zero-order valence-electron chi connectivity index (χ0n) is 17.4. The van der Waals surface area contributed by atoms with Crippen molar-refractivity contribution >= 4 is 28.5 Å². The Balaban J connectivity index is 2.23. The van der Waals surface area contributed by atoms with E-state index in [0.29, 0.717) is 28.8 Å². The number of fused-ring (bicyclic) bond motifs is 1. The normalized spacial score (nSPS) is 11.5. The first-order valence-electron chi connectivity index (χ1n) is 9.51. The van der Waals surface area contributed by atoms with Crippen molar-refractivity contribution < 1.29 is 9.53 Å². The Morgan fingerprint density at radius 3 is 2.52 bits per heavy atom. The molecule has 0 saturated heterocycles. The molecule has 0 unspecified atom stereocenters. The number of nitrogens with two attached hydrogens (primary N) is 1. The van der Waals surface area contributed by atoms with Crippen LogP contribution in [0.5, 0.6) is 0 Å². The third-order valence-corrected chi connectivity index (χ3v) is 4.50. The highest BCUT2D eigenvalue weighted by molar-refractivity contribution is 5.95.